The Hall–Kier alpha value is -2.70. The van der Waals surface area contributed by atoms with Crippen LogP contribution in [0.2, 0.25) is 0 Å². The SMILES string of the molecule is O=CNc1nc(C(=O)C(=O)NC2C(=O)N3C(C(=O)O)=C(/C=C/Cl)CS[C@@H]23)cs1. The van der Waals surface area contributed by atoms with Gasteiger partial charge in [0.25, 0.3) is 17.6 Å². The predicted molar refractivity (Wildman–Crippen MR) is 101 cm³/mol. The van der Waals surface area contributed by atoms with E-state index in [1.54, 1.807) is 0 Å². The van der Waals surface area contributed by atoms with Gasteiger partial charge in [-0.25, -0.2) is 9.78 Å². The smallest absolute Gasteiger partial charge is 0.352 e. The molecule has 3 amide bonds. The van der Waals surface area contributed by atoms with Crippen LogP contribution in [0.5, 0.6) is 0 Å². The Morgan fingerprint density at radius 1 is 1.39 bits per heavy atom. The van der Waals surface area contributed by atoms with Gasteiger partial charge >= 0.3 is 5.97 Å². The van der Waals surface area contributed by atoms with Crippen LogP contribution < -0.4 is 10.6 Å². The van der Waals surface area contributed by atoms with E-state index < -0.39 is 35.0 Å². The highest BCUT2D eigenvalue weighted by molar-refractivity contribution is 8.00. The van der Waals surface area contributed by atoms with E-state index in [9.17, 15) is 29.1 Å². The minimum atomic E-state index is -1.29. The van der Waals surface area contributed by atoms with E-state index in [0.29, 0.717) is 12.0 Å². The van der Waals surface area contributed by atoms with E-state index in [0.717, 1.165) is 21.8 Å². The third-order valence-electron chi connectivity index (χ3n) is 3.88. The molecule has 1 aromatic heterocycles. The molecule has 146 valence electrons. The van der Waals surface area contributed by atoms with Gasteiger partial charge in [0, 0.05) is 16.7 Å². The predicted octanol–water partition coefficient (Wildman–Crippen LogP) is 0.385. The van der Waals surface area contributed by atoms with Crippen LogP contribution in [0, 0.1) is 0 Å². The first-order chi connectivity index (χ1) is 13.4. The molecule has 3 N–H and O–H groups in total. The molecule has 1 aromatic rings. The number of nitrogens with one attached hydrogen (secondary N) is 2. The Balaban J connectivity index is 1.72. The summed E-state index contributed by atoms with van der Waals surface area (Å²) in [5, 5.41) is 14.8. The lowest BCUT2D eigenvalue weighted by Gasteiger charge is -2.49. The molecule has 10 nitrogen and oxygen atoms in total. The van der Waals surface area contributed by atoms with Crippen LogP contribution >= 0.6 is 34.7 Å². The number of anilines is 1. The Morgan fingerprint density at radius 3 is 2.79 bits per heavy atom. The van der Waals surface area contributed by atoms with E-state index in [1.165, 1.54) is 23.2 Å². The maximum absolute atomic E-state index is 12.4. The highest BCUT2D eigenvalue weighted by Gasteiger charge is 2.54. The molecule has 0 bridgehead atoms. The number of allylic oxidation sites excluding steroid dienone is 1. The largest absolute Gasteiger partial charge is 0.477 e. The third-order valence-corrected chi connectivity index (χ3v) is 6.08. The van der Waals surface area contributed by atoms with E-state index in [-0.39, 0.29) is 22.3 Å². The molecule has 2 aliphatic rings. The second-order valence-corrected chi connectivity index (χ2v) is 7.68. The van der Waals surface area contributed by atoms with Gasteiger partial charge in [0.15, 0.2) is 5.13 Å². The summed E-state index contributed by atoms with van der Waals surface area (Å²) in [6.45, 7) is 0. The van der Waals surface area contributed by atoms with Gasteiger partial charge in [-0.05, 0) is 11.6 Å². The second kappa shape index (κ2) is 8.12. The van der Waals surface area contributed by atoms with Crippen molar-refractivity contribution in [2.75, 3.05) is 11.1 Å². The number of amides is 3. The number of carboxylic acids is 1. The van der Waals surface area contributed by atoms with Gasteiger partial charge in [0.05, 0.1) is 0 Å². The normalized spacial score (nSPS) is 21.2. The number of hydrogen-bond acceptors (Lipinski definition) is 8. The van der Waals surface area contributed by atoms with Crippen molar-refractivity contribution < 1.29 is 29.1 Å². The number of fused-ring (bicyclic) bond motifs is 1. The number of halogens is 1. The Kier molecular flexibility index (Phi) is 5.82. The minimum Gasteiger partial charge on any atom is -0.477 e. The number of nitrogens with zero attached hydrogens (tertiary/aromatic N) is 2. The number of thioether (sulfide) groups is 1. The molecule has 3 rings (SSSR count). The summed E-state index contributed by atoms with van der Waals surface area (Å²) in [5.74, 6) is -3.68. The van der Waals surface area contributed by atoms with Gasteiger partial charge < -0.3 is 15.7 Å². The first kappa shape index (κ1) is 20.0. The molecule has 0 radical (unpaired) electrons. The molecule has 13 heteroatoms. The molecule has 0 aromatic carbocycles. The summed E-state index contributed by atoms with van der Waals surface area (Å²) < 4.78 is 0. The summed E-state index contributed by atoms with van der Waals surface area (Å²) in [6, 6.07) is -1.04. The molecule has 0 saturated carbocycles. The van der Waals surface area contributed by atoms with Crippen molar-refractivity contribution in [2.45, 2.75) is 11.4 Å². The van der Waals surface area contributed by atoms with Crippen LogP contribution in [0.15, 0.2) is 28.3 Å². The van der Waals surface area contributed by atoms with Crippen LogP contribution in [-0.2, 0) is 19.2 Å². The van der Waals surface area contributed by atoms with E-state index in [4.69, 9.17) is 11.6 Å². The number of carboxylic acid groups (broad SMARTS) is 1. The number of thiazole rings is 1. The van der Waals surface area contributed by atoms with Crippen molar-refractivity contribution in [3.05, 3.63) is 34.0 Å². The molecule has 0 aliphatic carbocycles. The fourth-order valence-electron chi connectivity index (χ4n) is 2.66. The number of carbonyl (C=O) groups excluding carboxylic acids is 4. The average Bonchev–Trinajstić information content (AvgIpc) is 3.13. The van der Waals surface area contributed by atoms with Gasteiger partial charge in [0.1, 0.15) is 22.8 Å². The zero-order chi connectivity index (χ0) is 20.4. The molecular formula is C15H11ClN4O6S2. The highest BCUT2D eigenvalue weighted by Crippen LogP contribution is 2.40. The number of ketones is 1. The van der Waals surface area contributed by atoms with Crippen LogP contribution in [0.1, 0.15) is 10.5 Å². The quantitative estimate of drug-likeness (QED) is 0.238. The molecule has 1 fully saturated rings. The molecule has 2 atom stereocenters. The van der Waals surface area contributed by atoms with Crippen molar-refractivity contribution in [1.29, 1.82) is 0 Å². The van der Waals surface area contributed by atoms with Crippen LogP contribution in [-0.4, -0.2) is 62.1 Å². The highest BCUT2D eigenvalue weighted by atomic mass is 35.5. The molecule has 3 heterocycles. The maximum Gasteiger partial charge on any atom is 0.352 e. The number of Topliss-reactive ketones (excluding diaryl/α,β-unsaturated/α-hetero) is 1. The Labute approximate surface area is 170 Å². The first-order valence-corrected chi connectivity index (χ1v) is 9.94. The summed E-state index contributed by atoms with van der Waals surface area (Å²) >= 11 is 7.71. The summed E-state index contributed by atoms with van der Waals surface area (Å²) in [4.78, 5) is 63.6. The lowest BCUT2D eigenvalue weighted by atomic mass is 10.0. The van der Waals surface area contributed by atoms with Crippen molar-refractivity contribution >= 4 is 69.8 Å². The van der Waals surface area contributed by atoms with E-state index >= 15 is 0 Å². The number of β-lactam (4-membered cyclic amide) rings is 1. The monoisotopic (exact) mass is 442 g/mol. The summed E-state index contributed by atoms with van der Waals surface area (Å²) in [6.07, 6.45) is 1.78. The number of rotatable bonds is 7. The fraction of sp³-hybridized carbons (Fsp3) is 0.200. The molecule has 2 aliphatic heterocycles. The molecular weight excluding hydrogens is 432 g/mol. The van der Waals surface area contributed by atoms with Gasteiger partial charge in [-0.15, -0.1) is 23.1 Å². The number of aromatic nitrogens is 1. The van der Waals surface area contributed by atoms with Gasteiger partial charge in [-0.3, -0.25) is 24.1 Å². The number of hydrogen-bond donors (Lipinski definition) is 3. The third kappa shape index (κ3) is 3.53. The molecule has 0 spiro atoms. The standard InChI is InChI=1S/C15H11ClN4O6S2/c16-2-1-6-3-27-13-8(12(24)20(13)9(6)14(25)26)19-11(23)10(22)7-4-28-15(18-7)17-5-21/h1-2,4-5,8,13H,3H2,(H,19,23)(H,25,26)(H,17,18,21)/b2-1+/t8?,13-/m0/s1. The lowest BCUT2D eigenvalue weighted by Crippen LogP contribution is -2.71. The maximum atomic E-state index is 12.4. The fourth-order valence-corrected chi connectivity index (χ4v) is 4.79. The topological polar surface area (TPSA) is 146 Å². The van der Waals surface area contributed by atoms with Crippen LogP contribution in [0.3, 0.4) is 0 Å². The second-order valence-electron chi connectivity index (χ2n) is 5.46. The van der Waals surface area contributed by atoms with E-state index in [1.807, 2.05) is 0 Å². The van der Waals surface area contributed by atoms with Crippen molar-refractivity contribution in [3.63, 3.8) is 0 Å². The Bertz CT molecular complexity index is 943. The lowest BCUT2D eigenvalue weighted by molar-refractivity contribution is -0.150. The zero-order valence-electron chi connectivity index (χ0n) is 13.7. The van der Waals surface area contributed by atoms with Crippen molar-refractivity contribution in [3.8, 4) is 0 Å². The molecule has 28 heavy (non-hydrogen) atoms. The summed E-state index contributed by atoms with van der Waals surface area (Å²) in [5.41, 5.74) is 1.15. The van der Waals surface area contributed by atoms with E-state index in [2.05, 4.69) is 15.6 Å². The van der Waals surface area contributed by atoms with Crippen molar-refractivity contribution in [2.24, 2.45) is 0 Å². The molecule has 1 saturated heterocycles. The van der Waals surface area contributed by atoms with Crippen molar-refractivity contribution in [1.82, 2.24) is 15.2 Å². The van der Waals surface area contributed by atoms with Crippen LogP contribution in [0.25, 0.3) is 0 Å². The number of carbonyl (C=O) groups is 5. The number of aliphatic carboxylic acids is 1. The zero-order valence-corrected chi connectivity index (χ0v) is 16.1. The van der Waals surface area contributed by atoms with Crippen LogP contribution in [0.4, 0.5) is 5.13 Å². The van der Waals surface area contributed by atoms with Gasteiger partial charge in [-0.2, -0.15) is 0 Å². The minimum absolute atomic E-state index is 0.149. The molecule has 1 unspecified atom stereocenters. The average molecular weight is 443 g/mol. The summed E-state index contributed by atoms with van der Waals surface area (Å²) in [7, 11) is 0. The Morgan fingerprint density at radius 2 is 2.14 bits per heavy atom. The van der Waals surface area contributed by atoms with Gasteiger partial charge in [0.2, 0.25) is 6.41 Å². The first-order valence-electron chi connectivity index (χ1n) is 7.57. The van der Waals surface area contributed by atoms with Gasteiger partial charge in [-0.1, -0.05) is 11.6 Å².